The Balaban J connectivity index is 2.65. The summed E-state index contributed by atoms with van der Waals surface area (Å²) in [6, 6.07) is 0. The minimum atomic E-state index is -1.84. The van der Waals surface area contributed by atoms with Gasteiger partial charge >= 0.3 is 0 Å². The summed E-state index contributed by atoms with van der Waals surface area (Å²) in [6.07, 6.45) is -0.0219. The van der Waals surface area contributed by atoms with Crippen LogP contribution in [0.4, 0.5) is 17.6 Å². The first-order valence-corrected chi connectivity index (χ1v) is 5.29. The van der Waals surface area contributed by atoms with E-state index < -0.39 is 23.3 Å². The minimum Gasteiger partial charge on any atom is -0.299 e. The molecule has 0 bridgehead atoms. The molecule has 1 nitrogen and oxygen atoms in total. The van der Waals surface area contributed by atoms with Gasteiger partial charge in [0.25, 0.3) is 0 Å². The van der Waals surface area contributed by atoms with Crippen LogP contribution in [-0.2, 0) is 17.6 Å². The topological polar surface area (TPSA) is 17.1 Å². The van der Waals surface area contributed by atoms with Crippen LogP contribution in [0.3, 0.4) is 0 Å². The third-order valence-electron chi connectivity index (χ3n) is 3.20. The Morgan fingerprint density at radius 1 is 0.941 bits per heavy atom. The van der Waals surface area contributed by atoms with E-state index in [-0.39, 0.29) is 35.7 Å². The Kier molecular flexibility index (Phi) is 2.93. The molecular formula is C12H10F4O. The van der Waals surface area contributed by atoms with Crippen LogP contribution in [0, 0.1) is 29.2 Å². The van der Waals surface area contributed by atoms with Gasteiger partial charge in [0.1, 0.15) is 5.78 Å². The van der Waals surface area contributed by atoms with E-state index in [0.717, 1.165) is 0 Å². The molecule has 1 aliphatic rings. The van der Waals surface area contributed by atoms with Crippen LogP contribution in [0.15, 0.2) is 0 Å². The van der Waals surface area contributed by atoms with Gasteiger partial charge < -0.3 is 0 Å². The number of benzene rings is 1. The number of halogens is 4. The van der Waals surface area contributed by atoms with Crippen molar-refractivity contribution in [2.45, 2.75) is 26.2 Å². The molecule has 17 heavy (non-hydrogen) atoms. The highest BCUT2D eigenvalue weighted by Gasteiger charge is 2.30. The molecule has 0 N–H and O–H groups in total. The molecule has 1 aliphatic carbocycles. The van der Waals surface area contributed by atoms with E-state index in [9.17, 15) is 22.4 Å². The Morgan fingerprint density at radius 3 is 2.06 bits per heavy atom. The first-order valence-electron chi connectivity index (χ1n) is 5.29. The number of fused-ring (bicyclic) bond motifs is 1. The lowest BCUT2D eigenvalue weighted by Gasteiger charge is -2.09. The van der Waals surface area contributed by atoms with Gasteiger partial charge in [-0.15, -0.1) is 0 Å². The van der Waals surface area contributed by atoms with Gasteiger partial charge in [-0.2, -0.15) is 0 Å². The smallest absolute Gasteiger partial charge is 0.197 e. The molecule has 0 aromatic heterocycles. The first-order chi connectivity index (χ1) is 7.93. The van der Waals surface area contributed by atoms with Crippen LogP contribution >= 0.6 is 0 Å². The van der Waals surface area contributed by atoms with E-state index in [1.165, 1.54) is 0 Å². The molecule has 1 aromatic rings. The molecule has 0 radical (unpaired) electrons. The van der Waals surface area contributed by atoms with Gasteiger partial charge in [0.2, 0.25) is 0 Å². The maximum Gasteiger partial charge on any atom is 0.197 e. The number of ketones is 1. The molecule has 1 atom stereocenters. The zero-order valence-electron chi connectivity index (χ0n) is 9.12. The van der Waals surface area contributed by atoms with Gasteiger partial charge in [-0.25, -0.2) is 17.6 Å². The highest BCUT2D eigenvalue weighted by atomic mass is 19.2. The standard InChI is InChI=1S/C12H10F4O/c1-5-2-3-6-7(4-8(5)17)10(14)12(16)11(15)9(6)13/h5H,2-4H2,1H3. The van der Waals surface area contributed by atoms with Crippen molar-refractivity contribution in [3.63, 3.8) is 0 Å². The highest BCUT2D eigenvalue weighted by molar-refractivity contribution is 5.84. The van der Waals surface area contributed by atoms with Crippen LogP contribution in [-0.4, -0.2) is 5.78 Å². The maximum atomic E-state index is 13.5. The summed E-state index contributed by atoms with van der Waals surface area (Å²) in [5.74, 6) is -7.10. The summed E-state index contributed by atoms with van der Waals surface area (Å²) in [6.45, 7) is 1.64. The van der Waals surface area contributed by atoms with Crippen molar-refractivity contribution < 1.29 is 22.4 Å². The summed E-state index contributed by atoms with van der Waals surface area (Å²) >= 11 is 0. The Bertz CT molecular complexity index is 496. The molecule has 0 amide bonds. The largest absolute Gasteiger partial charge is 0.299 e. The minimum absolute atomic E-state index is 0.0438. The second-order valence-corrected chi connectivity index (χ2v) is 4.30. The van der Waals surface area contributed by atoms with Gasteiger partial charge in [0.05, 0.1) is 0 Å². The zero-order chi connectivity index (χ0) is 12.7. The summed E-state index contributed by atoms with van der Waals surface area (Å²) in [5, 5.41) is 0. The SMILES string of the molecule is CC1CCc2c(F)c(F)c(F)c(F)c2CC1=O. The zero-order valence-corrected chi connectivity index (χ0v) is 9.12. The van der Waals surface area contributed by atoms with Crippen molar-refractivity contribution in [1.29, 1.82) is 0 Å². The average Bonchev–Trinajstić information content (AvgIpc) is 2.45. The summed E-state index contributed by atoms with van der Waals surface area (Å²) in [5.41, 5.74) is -0.546. The molecule has 0 saturated heterocycles. The van der Waals surface area contributed by atoms with Crippen molar-refractivity contribution in [3.8, 4) is 0 Å². The third kappa shape index (κ3) is 1.83. The fourth-order valence-corrected chi connectivity index (χ4v) is 2.04. The van der Waals surface area contributed by atoms with Gasteiger partial charge in [0.15, 0.2) is 23.3 Å². The number of hydrogen-bond acceptors (Lipinski definition) is 1. The maximum absolute atomic E-state index is 13.5. The van der Waals surface area contributed by atoms with E-state index >= 15 is 0 Å². The summed E-state index contributed by atoms with van der Waals surface area (Å²) in [7, 11) is 0. The van der Waals surface area contributed by atoms with Crippen molar-refractivity contribution >= 4 is 5.78 Å². The van der Waals surface area contributed by atoms with E-state index in [1.54, 1.807) is 6.92 Å². The van der Waals surface area contributed by atoms with Gasteiger partial charge in [-0.3, -0.25) is 4.79 Å². The molecule has 0 aliphatic heterocycles. The van der Waals surface area contributed by atoms with Crippen molar-refractivity contribution in [3.05, 3.63) is 34.4 Å². The number of Topliss-reactive ketones (excluding diaryl/α,β-unsaturated/α-hetero) is 1. The quantitative estimate of drug-likeness (QED) is 0.298. The summed E-state index contributed by atoms with van der Waals surface area (Å²) in [4.78, 5) is 11.5. The number of hydrogen-bond donors (Lipinski definition) is 0. The van der Waals surface area contributed by atoms with Crippen LogP contribution < -0.4 is 0 Å². The lowest BCUT2D eigenvalue weighted by atomic mass is 10.0. The Labute approximate surface area is 95.4 Å². The lowest BCUT2D eigenvalue weighted by Crippen LogP contribution is -2.13. The Morgan fingerprint density at radius 2 is 1.47 bits per heavy atom. The Hall–Kier alpha value is -1.39. The molecule has 1 unspecified atom stereocenters. The van der Waals surface area contributed by atoms with E-state index in [0.29, 0.717) is 6.42 Å². The lowest BCUT2D eigenvalue weighted by molar-refractivity contribution is -0.121. The second kappa shape index (κ2) is 4.13. The molecule has 2 rings (SSSR count). The van der Waals surface area contributed by atoms with Crippen LogP contribution in [0.5, 0.6) is 0 Å². The van der Waals surface area contributed by atoms with Crippen molar-refractivity contribution in [2.75, 3.05) is 0 Å². The van der Waals surface area contributed by atoms with Crippen LogP contribution in [0.25, 0.3) is 0 Å². The molecule has 92 valence electrons. The van der Waals surface area contributed by atoms with Crippen molar-refractivity contribution in [2.24, 2.45) is 5.92 Å². The molecule has 0 spiro atoms. The van der Waals surface area contributed by atoms with Gasteiger partial charge in [0, 0.05) is 17.9 Å². The number of rotatable bonds is 0. The van der Waals surface area contributed by atoms with Crippen LogP contribution in [0.1, 0.15) is 24.5 Å². The first kappa shape index (κ1) is 12.1. The predicted octanol–water partition coefficient (Wildman–Crippen LogP) is 2.94. The predicted molar refractivity (Wildman–Crippen MR) is 52.5 cm³/mol. The molecule has 0 fully saturated rings. The molecule has 0 heterocycles. The number of carbonyl (C=O) groups is 1. The number of carbonyl (C=O) groups excluding carboxylic acids is 1. The van der Waals surface area contributed by atoms with Crippen molar-refractivity contribution in [1.82, 2.24) is 0 Å². The van der Waals surface area contributed by atoms with E-state index in [4.69, 9.17) is 0 Å². The fraction of sp³-hybridized carbons (Fsp3) is 0.417. The average molecular weight is 246 g/mol. The van der Waals surface area contributed by atoms with E-state index in [1.807, 2.05) is 0 Å². The molecule has 1 aromatic carbocycles. The highest BCUT2D eigenvalue weighted by Crippen LogP contribution is 2.30. The second-order valence-electron chi connectivity index (χ2n) is 4.30. The molecular weight excluding hydrogens is 236 g/mol. The van der Waals surface area contributed by atoms with Gasteiger partial charge in [-0.05, 0) is 18.4 Å². The monoisotopic (exact) mass is 246 g/mol. The van der Waals surface area contributed by atoms with Gasteiger partial charge in [-0.1, -0.05) is 6.92 Å². The normalized spacial score (nSPS) is 20.1. The van der Waals surface area contributed by atoms with E-state index in [2.05, 4.69) is 0 Å². The molecule has 5 heteroatoms. The summed E-state index contributed by atoms with van der Waals surface area (Å²) < 4.78 is 53.0. The third-order valence-corrected chi connectivity index (χ3v) is 3.20. The molecule has 0 saturated carbocycles. The van der Waals surface area contributed by atoms with Crippen LogP contribution in [0.2, 0.25) is 0 Å². The fourth-order valence-electron chi connectivity index (χ4n) is 2.04.